The molecule has 1 fully saturated rings. The minimum Gasteiger partial charge on any atom is -0.370 e. The molecule has 1 heterocycles. The molecule has 2 N–H and O–H groups in total. The molecule has 1 unspecified atom stereocenters. The molecule has 0 radical (unpaired) electrons. The summed E-state index contributed by atoms with van der Waals surface area (Å²) >= 11 is 5.89. The lowest BCUT2D eigenvalue weighted by atomic mass is 9.91. The maximum atomic E-state index is 12.5. The lowest BCUT2D eigenvalue weighted by Gasteiger charge is -2.37. The zero-order chi connectivity index (χ0) is 14.8. The molecule has 1 aromatic rings. The number of nitrogens with two attached hydrogens (primary N) is 1. The molecule has 1 aliphatic heterocycles. The summed E-state index contributed by atoms with van der Waals surface area (Å²) in [7, 11) is 0. The molecule has 1 saturated heterocycles. The fourth-order valence-electron chi connectivity index (χ4n) is 2.23. The molecule has 0 saturated carbocycles. The monoisotopic (exact) mass is 332 g/mol. The van der Waals surface area contributed by atoms with Gasteiger partial charge < -0.3 is 15.4 Å². The Bertz CT molecular complexity index is 477. The standard InChI is InChI=1S/C15H21ClN2O2.ClH/c1-15(2,10-17)14(19)18-7-8-20-13(9-18)11-3-5-12(16)6-4-11;/h3-6,13H,7-10,17H2,1-2H3;1H. The minimum atomic E-state index is -0.526. The molecular weight excluding hydrogens is 311 g/mol. The first-order valence-corrected chi connectivity index (χ1v) is 7.18. The molecule has 0 aliphatic carbocycles. The van der Waals surface area contributed by atoms with E-state index in [2.05, 4.69) is 0 Å². The number of amides is 1. The summed E-state index contributed by atoms with van der Waals surface area (Å²) in [5.74, 6) is 0.0854. The predicted molar refractivity (Wildman–Crippen MR) is 86.8 cm³/mol. The van der Waals surface area contributed by atoms with E-state index in [-0.39, 0.29) is 24.4 Å². The number of hydrogen-bond donors (Lipinski definition) is 1. The van der Waals surface area contributed by atoms with Crippen LogP contribution < -0.4 is 5.73 Å². The van der Waals surface area contributed by atoms with Crippen LogP contribution in [0.4, 0.5) is 0 Å². The van der Waals surface area contributed by atoms with Gasteiger partial charge in [-0.25, -0.2) is 0 Å². The summed E-state index contributed by atoms with van der Waals surface area (Å²) in [4.78, 5) is 14.3. The number of rotatable bonds is 3. The van der Waals surface area contributed by atoms with E-state index < -0.39 is 5.41 Å². The maximum Gasteiger partial charge on any atom is 0.229 e. The van der Waals surface area contributed by atoms with E-state index in [9.17, 15) is 4.79 Å². The van der Waals surface area contributed by atoms with Crippen molar-refractivity contribution in [2.75, 3.05) is 26.2 Å². The molecule has 1 aromatic carbocycles. The van der Waals surface area contributed by atoms with Gasteiger partial charge in [-0.15, -0.1) is 12.4 Å². The van der Waals surface area contributed by atoms with Gasteiger partial charge in [-0.2, -0.15) is 0 Å². The van der Waals surface area contributed by atoms with Gasteiger partial charge in [0.2, 0.25) is 5.91 Å². The number of morpholine rings is 1. The predicted octanol–water partition coefficient (Wildman–Crippen LogP) is 2.65. The van der Waals surface area contributed by atoms with E-state index in [1.165, 1.54) is 0 Å². The maximum absolute atomic E-state index is 12.5. The number of hydrogen-bond acceptors (Lipinski definition) is 3. The third kappa shape index (κ3) is 4.33. The Labute approximate surface area is 137 Å². The van der Waals surface area contributed by atoms with Gasteiger partial charge in [-0.3, -0.25) is 4.79 Å². The van der Waals surface area contributed by atoms with Gasteiger partial charge in [-0.05, 0) is 31.5 Å². The Morgan fingerprint density at radius 2 is 2.05 bits per heavy atom. The van der Waals surface area contributed by atoms with Crippen LogP contribution in [0.2, 0.25) is 5.02 Å². The molecular formula is C15H22Cl2N2O2. The van der Waals surface area contributed by atoms with Crippen molar-refractivity contribution in [3.05, 3.63) is 34.9 Å². The third-order valence-corrected chi connectivity index (χ3v) is 3.94. The average Bonchev–Trinajstić information content (AvgIpc) is 2.47. The third-order valence-electron chi connectivity index (χ3n) is 3.68. The highest BCUT2D eigenvalue weighted by atomic mass is 35.5. The number of benzene rings is 1. The van der Waals surface area contributed by atoms with Crippen LogP contribution in [-0.4, -0.2) is 37.0 Å². The molecule has 0 spiro atoms. The zero-order valence-corrected chi connectivity index (χ0v) is 13.9. The van der Waals surface area contributed by atoms with Crippen molar-refractivity contribution >= 4 is 29.9 Å². The lowest BCUT2D eigenvalue weighted by Crippen LogP contribution is -2.49. The minimum absolute atomic E-state index is 0. The average molecular weight is 333 g/mol. The van der Waals surface area contributed by atoms with Gasteiger partial charge in [0.1, 0.15) is 6.10 Å². The molecule has 0 aromatic heterocycles. The van der Waals surface area contributed by atoms with E-state index in [4.69, 9.17) is 22.1 Å². The van der Waals surface area contributed by atoms with E-state index >= 15 is 0 Å². The molecule has 1 aliphatic rings. The summed E-state index contributed by atoms with van der Waals surface area (Å²) in [5, 5.41) is 0.696. The fourth-order valence-corrected chi connectivity index (χ4v) is 2.35. The van der Waals surface area contributed by atoms with Crippen molar-refractivity contribution in [1.82, 2.24) is 4.90 Å². The van der Waals surface area contributed by atoms with Gasteiger partial charge in [0.15, 0.2) is 0 Å². The Kier molecular flexibility index (Phi) is 6.47. The molecule has 4 nitrogen and oxygen atoms in total. The second kappa shape index (κ2) is 7.45. The number of carbonyl (C=O) groups is 1. The van der Waals surface area contributed by atoms with Crippen molar-refractivity contribution in [2.24, 2.45) is 11.1 Å². The number of halogens is 2. The summed E-state index contributed by atoms with van der Waals surface area (Å²) in [6, 6.07) is 7.56. The van der Waals surface area contributed by atoms with E-state index in [0.29, 0.717) is 31.3 Å². The first kappa shape index (κ1) is 18.2. The number of ether oxygens (including phenoxy) is 1. The summed E-state index contributed by atoms with van der Waals surface area (Å²) < 4.78 is 5.76. The molecule has 1 atom stereocenters. The van der Waals surface area contributed by atoms with Crippen LogP contribution in [0.15, 0.2) is 24.3 Å². The smallest absolute Gasteiger partial charge is 0.229 e. The van der Waals surface area contributed by atoms with E-state index in [1.807, 2.05) is 43.0 Å². The Hall–Kier alpha value is -0.810. The van der Waals surface area contributed by atoms with Crippen LogP contribution in [0.25, 0.3) is 0 Å². The van der Waals surface area contributed by atoms with Gasteiger partial charge in [0.05, 0.1) is 18.6 Å². The van der Waals surface area contributed by atoms with Crippen molar-refractivity contribution in [2.45, 2.75) is 20.0 Å². The molecule has 2 rings (SSSR count). The van der Waals surface area contributed by atoms with Crippen LogP contribution in [0.5, 0.6) is 0 Å². The fraction of sp³-hybridized carbons (Fsp3) is 0.533. The van der Waals surface area contributed by atoms with Gasteiger partial charge in [-0.1, -0.05) is 23.7 Å². The van der Waals surface area contributed by atoms with Crippen LogP contribution in [0, 0.1) is 5.41 Å². The summed E-state index contributed by atoms with van der Waals surface area (Å²) in [5.41, 5.74) is 6.20. The Morgan fingerprint density at radius 1 is 1.43 bits per heavy atom. The van der Waals surface area contributed by atoms with E-state index in [1.54, 1.807) is 0 Å². The highest BCUT2D eigenvalue weighted by molar-refractivity contribution is 6.30. The van der Waals surface area contributed by atoms with Crippen molar-refractivity contribution in [3.63, 3.8) is 0 Å². The largest absolute Gasteiger partial charge is 0.370 e. The van der Waals surface area contributed by atoms with Gasteiger partial charge >= 0.3 is 0 Å². The van der Waals surface area contributed by atoms with Crippen LogP contribution in [0.1, 0.15) is 25.5 Å². The molecule has 21 heavy (non-hydrogen) atoms. The Balaban J connectivity index is 0.00000220. The lowest BCUT2D eigenvalue weighted by molar-refractivity contribution is -0.147. The first-order valence-electron chi connectivity index (χ1n) is 6.80. The van der Waals surface area contributed by atoms with Crippen molar-refractivity contribution < 1.29 is 9.53 Å². The summed E-state index contributed by atoms with van der Waals surface area (Å²) in [6.45, 7) is 5.81. The highest BCUT2D eigenvalue weighted by Gasteiger charge is 2.34. The van der Waals surface area contributed by atoms with Gasteiger partial charge in [0.25, 0.3) is 0 Å². The highest BCUT2D eigenvalue weighted by Crippen LogP contribution is 2.26. The quantitative estimate of drug-likeness (QED) is 0.925. The Morgan fingerprint density at radius 3 is 2.62 bits per heavy atom. The first-order chi connectivity index (χ1) is 9.44. The number of carbonyl (C=O) groups excluding carboxylic acids is 1. The van der Waals surface area contributed by atoms with Gasteiger partial charge in [0, 0.05) is 18.1 Å². The summed E-state index contributed by atoms with van der Waals surface area (Å²) in [6.07, 6.45) is -0.0986. The second-order valence-corrected chi connectivity index (χ2v) is 6.19. The van der Waals surface area contributed by atoms with Crippen LogP contribution in [-0.2, 0) is 9.53 Å². The SMILES string of the molecule is CC(C)(CN)C(=O)N1CCOC(c2ccc(Cl)cc2)C1.Cl. The normalized spacial score (nSPS) is 19.0. The number of nitrogens with zero attached hydrogens (tertiary/aromatic N) is 1. The molecule has 1 amide bonds. The van der Waals surface area contributed by atoms with E-state index in [0.717, 1.165) is 5.56 Å². The molecule has 118 valence electrons. The molecule has 0 bridgehead atoms. The van der Waals surface area contributed by atoms with Crippen molar-refractivity contribution in [1.29, 1.82) is 0 Å². The van der Waals surface area contributed by atoms with Crippen LogP contribution >= 0.6 is 24.0 Å². The topological polar surface area (TPSA) is 55.6 Å². The van der Waals surface area contributed by atoms with Crippen molar-refractivity contribution in [3.8, 4) is 0 Å². The zero-order valence-electron chi connectivity index (χ0n) is 12.3. The second-order valence-electron chi connectivity index (χ2n) is 5.75. The van der Waals surface area contributed by atoms with Crippen LogP contribution in [0.3, 0.4) is 0 Å². The molecule has 6 heteroatoms.